The zero-order valence-corrected chi connectivity index (χ0v) is 22.0. The van der Waals surface area contributed by atoms with Gasteiger partial charge in [0, 0.05) is 50.7 Å². The van der Waals surface area contributed by atoms with E-state index in [2.05, 4.69) is 30.0 Å². The lowest BCUT2D eigenvalue weighted by atomic mass is 9.77. The average molecular weight is 508 g/mol. The number of nitrogens with zero attached hydrogens (tertiary/aromatic N) is 6. The minimum Gasteiger partial charge on any atom is -0.380 e. The second kappa shape index (κ2) is 11.2. The minimum absolute atomic E-state index is 0.0980. The number of fused-ring (bicyclic) bond motifs is 1. The van der Waals surface area contributed by atoms with Gasteiger partial charge >= 0.3 is 0 Å². The number of carbonyl (C=O) groups is 1. The van der Waals surface area contributed by atoms with Crippen LogP contribution in [0.4, 0.5) is 5.95 Å². The van der Waals surface area contributed by atoms with Crippen molar-refractivity contribution in [1.29, 1.82) is 0 Å². The van der Waals surface area contributed by atoms with Crippen molar-refractivity contribution in [2.45, 2.75) is 57.4 Å². The lowest BCUT2D eigenvalue weighted by Gasteiger charge is -2.47. The van der Waals surface area contributed by atoms with E-state index in [1.165, 1.54) is 51.6 Å². The fourth-order valence-electron chi connectivity index (χ4n) is 6.24. The van der Waals surface area contributed by atoms with Crippen LogP contribution in [0.5, 0.6) is 0 Å². The van der Waals surface area contributed by atoms with Gasteiger partial charge in [0.2, 0.25) is 5.95 Å². The van der Waals surface area contributed by atoms with Crippen molar-refractivity contribution >= 4 is 22.9 Å². The third kappa shape index (κ3) is 5.89. The van der Waals surface area contributed by atoms with E-state index in [4.69, 9.17) is 9.72 Å². The Labute approximate surface area is 220 Å². The van der Waals surface area contributed by atoms with Crippen LogP contribution < -0.4 is 10.2 Å². The van der Waals surface area contributed by atoms with Gasteiger partial charge in [-0.1, -0.05) is 12.8 Å². The smallest absolute Gasteiger partial charge is 0.270 e. The van der Waals surface area contributed by atoms with Crippen LogP contribution in [0.25, 0.3) is 11.0 Å². The summed E-state index contributed by atoms with van der Waals surface area (Å²) in [7, 11) is 0. The molecule has 200 valence electrons. The molecule has 4 saturated heterocycles. The van der Waals surface area contributed by atoms with Crippen molar-refractivity contribution in [3.8, 4) is 0 Å². The Morgan fingerprint density at radius 1 is 0.892 bits per heavy atom. The predicted octanol–water partition coefficient (Wildman–Crippen LogP) is 2.71. The first kappa shape index (κ1) is 24.9. The fraction of sp³-hybridized carbons (Fsp3) is 0.714. The molecule has 2 aromatic heterocycles. The van der Waals surface area contributed by atoms with Crippen LogP contribution in [0.1, 0.15) is 61.9 Å². The first-order valence-corrected chi connectivity index (χ1v) is 14.4. The van der Waals surface area contributed by atoms with E-state index in [1.54, 1.807) is 12.3 Å². The topological polar surface area (TPSA) is 86.7 Å². The molecule has 1 spiro atoms. The van der Waals surface area contributed by atoms with Gasteiger partial charge in [0.05, 0.1) is 24.9 Å². The van der Waals surface area contributed by atoms with Crippen LogP contribution in [0, 0.1) is 5.41 Å². The Morgan fingerprint density at radius 3 is 2.27 bits per heavy atom. The minimum atomic E-state index is -0.0980. The largest absolute Gasteiger partial charge is 0.380 e. The zero-order chi connectivity index (χ0) is 25.1. The maximum atomic E-state index is 13.0. The number of carbonyl (C=O) groups excluding carboxylic acids is 1. The second-order valence-corrected chi connectivity index (χ2v) is 11.6. The van der Waals surface area contributed by atoms with E-state index in [-0.39, 0.29) is 11.9 Å². The van der Waals surface area contributed by atoms with Crippen LogP contribution >= 0.6 is 0 Å². The zero-order valence-electron chi connectivity index (χ0n) is 22.0. The van der Waals surface area contributed by atoms with E-state index in [0.717, 1.165) is 76.8 Å². The molecule has 1 amide bonds. The highest BCUT2D eigenvalue weighted by Gasteiger charge is 2.41. The highest BCUT2D eigenvalue weighted by atomic mass is 16.5. The highest BCUT2D eigenvalue weighted by molar-refractivity contribution is 5.94. The molecule has 0 radical (unpaired) electrons. The molecular formula is C28H41N7O2. The lowest BCUT2D eigenvalue weighted by Crippen LogP contribution is -2.52. The number of aromatic nitrogens is 3. The Hall–Kier alpha value is -2.36. The number of amides is 1. The van der Waals surface area contributed by atoms with Crippen molar-refractivity contribution in [1.82, 2.24) is 30.1 Å². The van der Waals surface area contributed by atoms with Gasteiger partial charge in [-0.15, -0.1) is 0 Å². The first-order valence-electron chi connectivity index (χ1n) is 14.4. The van der Waals surface area contributed by atoms with Gasteiger partial charge in [0.15, 0.2) is 0 Å². The molecule has 0 bridgehead atoms. The molecule has 6 heterocycles. The van der Waals surface area contributed by atoms with Gasteiger partial charge in [0.25, 0.3) is 5.91 Å². The maximum Gasteiger partial charge on any atom is 0.270 e. The summed E-state index contributed by atoms with van der Waals surface area (Å²) < 4.78 is 5.45. The molecule has 0 saturated carbocycles. The summed E-state index contributed by atoms with van der Waals surface area (Å²) in [6, 6.07) is 3.91. The number of pyridine rings is 1. The van der Waals surface area contributed by atoms with Gasteiger partial charge < -0.3 is 24.8 Å². The number of nitrogens with one attached hydrogen (secondary N) is 1. The van der Waals surface area contributed by atoms with Crippen molar-refractivity contribution < 1.29 is 9.53 Å². The van der Waals surface area contributed by atoms with E-state index in [9.17, 15) is 4.79 Å². The van der Waals surface area contributed by atoms with Crippen LogP contribution in [0.3, 0.4) is 0 Å². The number of likely N-dealkylation sites (tertiary alicyclic amines) is 2. The van der Waals surface area contributed by atoms with E-state index in [0.29, 0.717) is 16.6 Å². The van der Waals surface area contributed by atoms with Crippen molar-refractivity contribution in [3.63, 3.8) is 0 Å². The molecule has 6 rings (SSSR count). The Kier molecular flexibility index (Phi) is 7.53. The third-order valence-corrected chi connectivity index (χ3v) is 8.94. The highest BCUT2D eigenvalue weighted by Crippen LogP contribution is 2.38. The number of anilines is 1. The van der Waals surface area contributed by atoms with E-state index < -0.39 is 0 Å². The molecule has 9 nitrogen and oxygen atoms in total. The standard InChI is InChI=1S/C28H41N7O2/c36-26(24-6-5-23-25(31-24)19-29-27(32-23)35-11-3-1-2-4-12-35)30-22-7-13-33(14-8-22)17-18-34-15-9-28(10-16-34)20-37-21-28/h5-6,19,22H,1-4,7-18,20-21H2,(H,30,36). The van der Waals surface area contributed by atoms with Gasteiger partial charge in [-0.2, -0.15) is 0 Å². The number of hydrogen-bond donors (Lipinski definition) is 1. The van der Waals surface area contributed by atoms with Crippen LogP contribution in [0.15, 0.2) is 18.3 Å². The first-order chi connectivity index (χ1) is 18.2. The molecule has 4 fully saturated rings. The van der Waals surface area contributed by atoms with Crippen LogP contribution in [0.2, 0.25) is 0 Å². The predicted molar refractivity (Wildman–Crippen MR) is 144 cm³/mol. The Morgan fingerprint density at radius 2 is 1.59 bits per heavy atom. The molecule has 37 heavy (non-hydrogen) atoms. The van der Waals surface area contributed by atoms with Crippen molar-refractivity contribution in [2.24, 2.45) is 5.41 Å². The van der Waals surface area contributed by atoms with E-state index in [1.807, 2.05) is 6.07 Å². The molecule has 4 aliphatic rings. The lowest BCUT2D eigenvalue weighted by molar-refractivity contribution is -0.139. The summed E-state index contributed by atoms with van der Waals surface area (Å²) in [6.45, 7) is 10.7. The molecule has 4 aliphatic heterocycles. The summed E-state index contributed by atoms with van der Waals surface area (Å²) in [5, 5.41) is 3.22. The molecule has 2 aromatic rings. The number of rotatable bonds is 6. The summed E-state index contributed by atoms with van der Waals surface area (Å²) in [5.74, 6) is 0.677. The van der Waals surface area contributed by atoms with Gasteiger partial charge in [-0.25, -0.2) is 15.0 Å². The van der Waals surface area contributed by atoms with Crippen LogP contribution in [-0.2, 0) is 4.74 Å². The van der Waals surface area contributed by atoms with Crippen molar-refractivity contribution in [2.75, 3.05) is 70.5 Å². The summed E-state index contributed by atoms with van der Waals surface area (Å²) in [4.78, 5) is 34.3. The van der Waals surface area contributed by atoms with Crippen LogP contribution in [-0.4, -0.2) is 102 Å². The molecule has 0 aromatic carbocycles. The molecule has 0 unspecified atom stereocenters. The number of ether oxygens (including phenoxy) is 1. The van der Waals surface area contributed by atoms with E-state index >= 15 is 0 Å². The fourth-order valence-corrected chi connectivity index (χ4v) is 6.24. The Balaban J connectivity index is 0.961. The molecule has 9 heteroatoms. The van der Waals surface area contributed by atoms with Gasteiger partial charge in [-0.05, 0) is 63.7 Å². The monoisotopic (exact) mass is 507 g/mol. The molecule has 0 aliphatic carbocycles. The summed E-state index contributed by atoms with van der Waals surface area (Å²) in [5.41, 5.74) is 2.43. The molecule has 1 N–H and O–H groups in total. The number of hydrogen-bond acceptors (Lipinski definition) is 8. The second-order valence-electron chi connectivity index (χ2n) is 11.6. The average Bonchev–Trinajstić information content (AvgIpc) is 3.21. The molecular weight excluding hydrogens is 466 g/mol. The third-order valence-electron chi connectivity index (χ3n) is 8.94. The summed E-state index contributed by atoms with van der Waals surface area (Å²) in [6.07, 6.45) is 11.2. The SMILES string of the molecule is O=C(NC1CCN(CCN2CCC3(CC2)COC3)CC1)c1ccc2nc(N3CCCCCC3)ncc2n1. The van der Waals surface area contributed by atoms with Gasteiger partial charge in [0.1, 0.15) is 11.2 Å². The molecule has 0 atom stereocenters. The maximum absolute atomic E-state index is 13.0. The number of piperidine rings is 2. The summed E-state index contributed by atoms with van der Waals surface area (Å²) >= 11 is 0. The quantitative estimate of drug-likeness (QED) is 0.639. The van der Waals surface area contributed by atoms with Gasteiger partial charge in [-0.3, -0.25) is 4.79 Å². The Bertz CT molecular complexity index is 1070. The normalized spacial score (nSPS) is 23.6. The van der Waals surface area contributed by atoms with Crippen molar-refractivity contribution in [3.05, 3.63) is 24.0 Å².